The molecule has 4 nitrogen and oxygen atoms in total. The summed E-state index contributed by atoms with van der Waals surface area (Å²) in [5.41, 5.74) is 1.57. The number of hydrogen-bond acceptors (Lipinski definition) is 3. The number of rotatable bonds is 5. The van der Waals surface area contributed by atoms with Gasteiger partial charge >= 0.3 is 0 Å². The molecule has 2 rings (SSSR count). The summed E-state index contributed by atoms with van der Waals surface area (Å²) in [5, 5.41) is 2.75. The first kappa shape index (κ1) is 15.6. The molecular formula is C18H18N2O2. The lowest BCUT2D eigenvalue weighted by Crippen LogP contribution is -2.23. The van der Waals surface area contributed by atoms with Gasteiger partial charge in [-0.05, 0) is 35.9 Å². The van der Waals surface area contributed by atoms with E-state index in [1.54, 1.807) is 56.6 Å². The van der Waals surface area contributed by atoms with Crippen molar-refractivity contribution in [2.45, 2.75) is 13.8 Å². The third-order valence-electron chi connectivity index (χ3n) is 3.08. The van der Waals surface area contributed by atoms with Crippen LogP contribution in [0.1, 0.15) is 19.4 Å². The average Bonchev–Trinajstić information content (AvgIpc) is 2.53. The Hall–Kier alpha value is -2.75. The van der Waals surface area contributed by atoms with Gasteiger partial charge in [0.2, 0.25) is 0 Å². The van der Waals surface area contributed by atoms with Crippen molar-refractivity contribution >= 4 is 23.5 Å². The first-order valence-corrected chi connectivity index (χ1v) is 7.10. The molecule has 1 heterocycles. The Morgan fingerprint density at radius 3 is 2.27 bits per heavy atom. The van der Waals surface area contributed by atoms with Crippen molar-refractivity contribution in [2.24, 2.45) is 5.92 Å². The van der Waals surface area contributed by atoms with E-state index in [4.69, 9.17) is 0 Å². The monoisotopic (exact) mass is 294 g/mol. The smallest absolute Gasteiger partial charge is 0.259 e. The highest BCUT2D eigenvalue weighted by Gasteiger charge is 2.21. The number of ketones is 1. The number of aromatic nitrogens is 1. The molecule has 1 aromatic carbocycles. The maximum Gasteiger partial charge on any atom is 0.259 e. The van der Waals surface area contributed by atoms with E-state index in [2.05, 4.69) is 10.3 Å². The standard InChI is InChI=1S/C18H18N2O2/c1-13(2)17(21)16(12-14-8-10-19-11-9-14)18(22)20-15-6-4-3-5-7-15/h3-13H,1-2H3,(H,20,22)/b16-12-. The molecule has 1 N–H and O–H groups in total. The Morgan fingerprint density at radius 2 is 1.68 bits per heavy atom. The van der Waals surface area contributed by atoms with Crippen LogP contribution in [0.3, 0.4) is 0 Å². The van der Waals surface area contributed by atoms with Crippen molar-refractivity contribution < 1.29 is 9.59 Å². The fourth-order valence-corrected chi connectivity index (χ4v) is 1.91. The van der Waals surface area contributed by atoms with Crippen molar-refractivity contribution in [3.8, 4) is 0 Å². The Morgan fingerprint density at radius 1 is 1.05 bits per heavy atom. The van der Waals surface area contributed by atoms with Gasteiger partial charge in [0, 0.05) is 24.0 Å². The third kappa shape index (κ3) is 4.12. The molecule has 1 amide bonds. The van der Waals surface area contributed by atoms with Crippen LogP contribution in [0.25, 0.3) is 6.08 Å². The van der Waals surface area contributed by atoms with Gasteiger partial charge in [-0.1, -0.05) is 32.0 Å². The molecule has 1 aromatic heterocycles. The minimum absolute atomic E-state index is 0.144. The molecule has 0 bridgehead atoms. The fraction of sp³-hybridized carbons (Fsp3) is 0.167. The molecular weight excluding hydrogens is 276 g/mol. The first-order chi connectivity index (χ1) is 10.6. The summed E-state index contributed by atoms with van der Waals surface area (Å²) >= 11 is 0. The van der Waals surface area contributed by atoms with Gasteiger partial charge in [-0.15, -0.1) is 0 Å². The molecule has 0 unspecified atom stereocenters. The maximum absolute atomic E-state index is 12.4. The molecule has 2 aromatic rings. The average molecular weight is 294 g/mol. The minimum Gasteiger partial charge on any atom is -0.322 e. The Balaban J connectivity index is 2.30. The quantitative estimate of drug-likeness (QED) is 0.523. The highest BCUT2D eigenvalue weighted by Crippen LogP contribution is 2.15. The minimum atomic E-state index is -0.401. The highest BCUT2D eigenvalue weighted by molar-refractivity contribution is 6.26. The molecule has 4 heteroatoms. The summed E-state index contributed by atoms with van der Waals surface area (Å²) in [6, 6.07) is 12.6. The highest BCUT2D eigenvalue weighted by atomic mass is 16.2. The van der Waals surface area contributed by atoms with Gasteiger partial charge in [-0.3, -0.25) is 14.6 Å². The second-order valence-corrected chi connectivity index (χ2v) is 5.18. The Labute approximate surface area is 129 Å². The summed E-state index contributed by atoms with van der Waals surface area (Å²) in [6.07, 6.45) is 4.85. The summed E-state index contributed by atoms with van der Waals surface area (Å²) in [4.78, 5) is 28.7. The molecule has 0 radical (unpaired) electrons. The maximum atomic E-state index is 12.4. The van der Waals surface area contributed by atoms with E-state index in [0.717, 1.165) is 5.56 Å². The summed E-state index contributed by atoms with van der Waals surface area (Å²) in [7, 11) is 0. The zero-order chi connectivity index (χ0) is 15.9. The van der Waals surface area contributed by atoms with Crippen molar-refractivity contribution in [3.05, 3.63) is 66.0 Å². The van der Waals surface area contributed by atoms with E-state index in [9.17, 15) is 9.59 Å². The van der Waals surface area contributed by atoms with Crippen LogP contribution in [0, 0.1) is 5.92 Å². The molecule has 0 fully saturated rings. The van der Waals surface area contributed by atoms with E-state index in [1.807, 2.05) is 18.2 Å². The number of nitrogens with zero attached hydrogens (tertiary/aromatic N) is 1. The third-order valence-corrected chi connectivity index (χ3v) is 3.08. The molecule has 0 atom stereocenters. The van der Waals surface area contributed by atoms with Crippen LogP contribution < -0.4 is 5.32 Å². The second kappa shape index (κ2) is 7.31. The largest absolute Gasteiger partial charge is 0.322 e. The summed E-state index contributed by atoms with van der Waals surface area (Å²) in [5.74, 6) is -0.846. The van der Waals surface area contributed by atoms with Crippen LogP contribution in [0.5, 0.6) is 0 Å². The molecule has 0 spiro atoms. The van der Waals surface area contributed by atoms with Gasteiger partial charge < -0.3 is 5.32 Å². The van der Waals surface area contributed by atoms with Gasteiger partial charge in [-0.2, -0.15) is 0 Å². The number of hydrogen-bond donors (Lipinski definition) is 1. The van der Waals surface area contributed by atoms with Gasteiger partial charge in [0.25, 0.3) is 5.91 Å². The van der Waals surface area contributed by atoms with Crippen LogP contribution >= 0.6 is 0 Å². The second-order valence-electron chi connectivity index (χ2n) is 5.18. The van der Waals surface area contributed by atoms with Crippen LogP contribution in [-0.4, -0.2) is 16.7 Å². The first-order valence-electron chi connectivity index (χ1n) is 7.10. The molecule has 0 saturated carbocycles. The van der Waals surface area contributed by atoms with Crippen molar-refractivity contribution in [3.63, 3.8) is 0 Å². The van der Waals surface area contributed by atoms with Gasteiger partial charge in [0.05, 0.1) is 5.57 Å². The fourth-order valence-electron chi connectivity index (χ4n) is 1.91. The topological polar surface area (TPSA) is 59.1 Å². The van der Waals surface area contributed by atoms with Crippen LogP contribution in [-0.2, 0) is 9.59 Å². The Kier molecular flexibility index (Phi) is 5.20. The van der Waals surface area contributed by atoms with Crippen LogP contribution in [0.4, 0.5) is 5.69 Å². The lowest BCUT2D eigenvalue weighted by molar-refractivity contribution is -0.121. The zero-order valence-corrected chi connectivity index (χ0v) is 12.6. The number of pyridine rings is 1. The number of para-hydroxylation sites is 1. The normalized spacial score (nSPS) is 11.3. The lowest BCUT2D eigenvalue weighted by Gasteiger charge is -2.10. The number of Topliss-reactive ketones (excluding diaryl/α,β-unsaturated/α-hetero) is 1. The van der Waals surface area contributed by atoms with Crippen molar-refractivity contribution in [2.75, 3.05) is 5.32 Å². The molecule has 0 saturated heterocycles. The number of nitrogens with one attached hydrogen (secondary N) is 1. The van der Waals surface area contributed by atoms with Crippen molar-refractivity contribution in [1.29, 1.82) is 0 Å². The summed E-state index contributed by atoms with van der Waals surface area (Å²) in [6.45, 7) is 3.55. The van der Waals surface area contributed by atoms with Crippen LogP contribution in [0.15, 0.2) is 60.4 Å². The van der Waals surface area contributed by atoms with E-state index in [-0.39, 0.29) is 17.3 Å². The predicted molar refractivity (Wildman–Crippen MR) is 87.1 cm³/mol. The van der Waals surface area contributed by atoms with E-state index < -0.39 is 5.91 Å². The zero-order valence-electron chi connectivity index (χ0n) is 12.6. The van der Waals surface area contributed by atoms with E-state index in [1.165, 1.54) is 0 Å². The Bertz CT molecular complexity index is 677. The number of amides is 1. The molecule has 0 aliphatic carbocycles. The lowest BCUT2D eigenvalue weighted by atomic mass is 9.98. The van der Waals surface area contributed by atoms with Gasteiger partial charge in [-0.25, -0.2) is 0 Å². The SMILES string of the molecule is CC(C)C(=O)/C(=C/c1ccncc1)C(=O)Nc1ccccc1. The molecule has 22 heavy (non-hydrogen) atoms. The molecule has 0 aliphatic heterocycles. The van der Waals surface area contributed by atoms with Crippen LogP contribution in [0.2, 0.25) is 0 Å². The number of anilines is 1. The van der Waals surface area contributed by atoms with Crippen molar-refractivity contribution in [1.82, 2.24) is 4.98 Å². The van der Waals surface area contributed by atoms with E-state index >= 15 is 0 Å². The van der Waals surface area contributed by atoms with Gasteiger partial charge in [0.15, 0.2) is 5.78 Å². The molecule has 0 aliphatic rings. The number of benzene rings is 1. The predicted octanol–water partition coefficient (Wildman–Crippen LogP) is 3.33. The number of carbonyl (C=O) groups excluding carboxylic acids is 2. The summed E-state index contributed by atoms with van der Waals surface area (Å²) < 4.78 is 0. The number of carbonyl (C=O) groups is 2. The van der Waals surface area contributed by atoms with Gasteiger partial charge in [0.1, 0.15) is 0 Å². The molecule has 112 valence electrons. The van der Waals surface area contributed by atoms with E-state index in [0.29, 0.717) is 5.69 Å².